The van der Waals surface area contributed by atoms with Gasteiger partial charge in [0.25, 0.3) is 0 Å². The van der Waals surface area contributed by atoms with Crippen LogP contribution in [0.5, 0.6) is 0 Å². The Bertz CT molecular complexity index is 419. The lowest BCUT2D eigenvalue weighted by Crippen LogP contribution is -2.05. The molecule has 0 spiro atoms. The van der Waals surface area contributed by atoms with Crippen LogP contribution in [-0.2, 0) is 0 Å². The van der Waals surface area contributed by atoms with Crippen molar-refractivity contribution in [2.75, 3.05) is 0 Å². The average molecular weight is 176 g/mol. The molecular formula is C9H8N2O2. The number of allylic oxidation sites excluding steroid dienone is 1. The number of carbonyl (C=O) groups is 1. The quantitative estimate of drug-likeness (QED) is 0.698. The zero-order valence-corrected chi connectivity index (χ0v) is 6.84. The van der Waals surface area contributed by atoms with Crippen LogP contribution in [0.3, 0.4) is 0 Å². The SMILES string of the molecule is O=C(O)c1cnn2c1C1CC1C=C2. The first-order chi connectivity index (χ1) is 6.27. The number of rotatable bonds is 1. The molecule has 0 aromatic carbocycles. The number of carboxylic acids is 1. The summed E-state index contributed by atoms with van der Waals surface area (Å²) in [5.74, 6) is 0.0862. The van der Waals surface area contributed by atoms with Gasteiger partial charge in [0.15, 0.2) is 0 Å². The molecular weight excluding hydrogens is 168 g/mol. The summed E-state index contributed by atoms with van der Waals surface area (Å²) >= 11 is 0. The van der Waals surface area contributed by atoms with Gasteiger partial charge in [-0.25, -0.2) is 9.48 Å². The molecule has 0 saturated heterocycles. The first-order valence-corrected chi connectivity index (χ1v) is 4.26. The Morgan fingerprint density at radius 1 is 1.69 bits per heavy atom. The number of nitrogens with zero attached hydrogens (tertiary/aromatic N) is 2. The molecule has 1 aromatic rings. The minimum atomic E-state index is -0.873. The highest BCUT2D eigenvalue weighted by atomic mass is 16.4. The number of aromatic nitrogens is 2. The van der Waals surface area contributed by atoms with Gasteiger partial charge in [-0.1, -0.05) is 6.08 Å². The van der Waals surface area contributed by atoms with Gasteiger partial charge in [0.05, 0.1) is 11.9 Å². The van der Waals surface area contributed by atoms with Crippen molar-refractivity contribution < 1.29 is 9.90 Å². The third kappa shape index (κ3) is 0.798. The van der Waals surface area contributed by atoms with E-state index < -0.39 is 5.97 Å². The van der Waals surface area contributed by atoms with Crippen molar-refractivity contribution in [3.8, 4) is 0 Å². The van der Waals surface area contributed by atoms with Crippen LogP contribution < -0.4 is 0 Å². The van der Waals surface area contributed by atoms with Gasteiger partial charge < -0.3 is 5.11 Å². The Morgan fingerprint density at radius 2 is 2.54 bits per heavy atom. The highest BCUT2D eigenvalue weighted by Gasteiger charge is 2.43. The molecule has 1 saturated carbocycles. The lowest BCUT2D eigenvalue weighted by molar-refractivity contribution is 0.0695. The molecule has 4 nitrogen and oxygen atoms in total. The first-order valence-electron chi connectivity index (χ1n) is 4.26. The summed E-state index contributed by atoms with van der Waals surface area (Å²) in [7, 11) is 0. The van der Waals surface area contributed by atoms with Gasteiger partial charge in [-0.15, -0.1) is 0 Å². The third-order valence-electron chi connectivity index (χ3n) is 2.73. The van der Waals surface area contributed by atoms with Crippen LogP contribution in [0.25, 0.3) is 6.20 Å². The summed E-state index contributed by atoms with van der Waals surface area (Å²) in [5, 5.41) is 12.9. The molecule has 66 valence electrons. The molecule has 4 heteroatoms. The Morgan fingerprint density at radius 3 is 3.31 bits per heavy atom. The topological polar surface area (TPSA) is 55.1 Å². The fourth-order valence-electron chi connectivity index (χ4n) is 1.96. The van der Waals surface area contributed by atoms with Crippen LogP contribution in [0.2, 0.25) is 0 Å². The number of hydrogen-bond acceptors (Lipinski definition) is 2. The summed E-state index contributed by atoms with van der Waals surface area (Å²) in [6, 6.07) is 0. The highest BCUT2D eigenvalue weighted by molar-refractivity contribution is 5.89. The van der Waals surface area contributed by atoms with Crippen LogP contribution >= 0.6 is 0 Å². The van der Waals surface area contributed by atoms with E-state index >= 15 is 0 Å². The summed E-state index contributed by atoms with van der Waals surface area (Å²) < 4.78 is 1.68. The maximum absolute atomic E-state index is 10.8. The molecule has 0 amide bonds. The Labute approximate surface area is 74.5 Å². The van der Waals surface area contributed by atoms with Gasteiger partial charge in [-0.3, -0.25) is 0 Å². The summed E-state index contributed by atoms with van der Waals surface area (Å²) in [6.07, 6.45) is 6.46. The molecule has 1 aliphatic heterocycles. The van der Waals surface area contributed by atoms with Crippen molar-refractivity contribution in [3.63, 3.8) is 0 Å². The van der Waals surface area contributed by atoms with Crippen molar-refractivity contribution in [1.29, 1.82) is 0 Å². The van der Waals surface area contributed by atoms with E-state index in [4.69, 9.17) is 5.11 Å². The second-order valence-electron chi connectivity index (χ2n) is 3.54. The van der Waals surface area contributed by atoms with Crippen molar-refractivity contribution in [2.45, 2.75) is 12.3 Å². The minimum absolute atomic E-state index is 0.358. The van der Waals surface area contributed by atoms with Gasteiger partial charge in [-0.05, 0) is 12.3 Å². The Kier molecular flexibility index (Phi) is 1.07. The van der Waals surface area contributed by atoms with Crippen molar-refractivity contribution >= 4 is 12.2 Å². The van der Waals surface area contributed by atoms with Crippen LogP contribution in [0.15, 0.2) is 12.3 Å². The molecule has 0 bridgehead atoms. The number of aromatic carboxylic acids is 1. The predicted molar refractivity (Wildman–Crippen MR) is 45.4 cm³/mol. The van der Waals surface area contributed by atoms with Gasteiger partial charge in [0, 0.05) is 12.1 Å². The molecule has 2 aliphatic rings. The fourth-order valence-corrected chi connectivity index (χ4v) is 1.96. The van der Waals surface area contributed by atoms with E-state index in [0.717, 1.165) is 12.1 Å². The van der Waals surface area contributed by atoms with Crippen LogP contribution in [0, 0.1) is 5.92 Å². The number of hydrogen-bond donors (Lipinski definition) is 1. The first kappa shape index (κ1) is 6.88. The molecule has 3 rings (SSSR count). The molecule has 2 unspecified atom stereocenters. The van der Waals surface area contributed by atoms with E-state index in [9.17, 15) is 4.79 Å². The summed E-state index contributed by atoms with van der Waals surface area (Å²) in [5.41, 5.74) is 1.23. The molecule has 13 heavy (non-hydrogen) atoms. The largest absolute Gasteiger partial charge is 0.478 e. The number of fused-ring (bicyclic) bond motifs is 3. The molecule has 1 aromatic heterocycles. The molecule has 2 heterocycles. The van der Waals surface area contributed by atoms with E-state index in [-0.39, 0.29) is 0 Å². The van der Waals surface area contributed by atoms with Crippen molar-refractivity contribution in [2.24, 2.45) is 5.92 Å². The summed E-state index contributed by atoms with van der Waals surface area (Å²) in [6.45, 7) is 0. The van der Waals surface area contributed by atoms with Gasteiger partial charge in [-0.2, -0.15) is 5.10 Å². The third-order valence-corrected chi connectivity index (χ3v) is 2.73. The zero-order chi connectivity index (χ0) is 9.00. The Balaban J connectivity index is 2.20. The van der Waals surface area contributed by atoms with Gasteiger partial charge in [0.2, 0.25) is 0 Å². The monoisotopic (exact) mass is 176 g/mol. The molecule has 0 radical (unpaired) electrons. The summed E-state index contributed by atoms with van der Waals surface area (Å²) in [4.78, 5) is 10.8. The maximum Gasteiger partial charge on any atom is 0.339 e. The predicted octanol–water partition coefficient (Wildman–Crippen LogP) is 1.17. The molecule has 1 fully saturated rings. The van der Waals surface area contributed by atoms with Crippen LogP contribution in [0.1, 0.15) is 28.4 Å². The van der Waals surface area contributed by atoms with Crippen LogP contribution in [-0.4, -0.2) is 20.9 Å². The smallest absolute Gasteiger partial charge is 0.339 e. The molecule has 1 aliphatic carbocycles. The second kappa shape index (κ2) is 2.02. The van der Waals surface area contributed by atoms with Gasteiger partial charge in [0.1, 0.15) is 5.56 Å². The van der Waals surface area contributed by atoms with E-state index in [0.29, 0.717) is 17.4 Å². The van der Waals surface area contributed by atoms with E-state index in [2.05, 4.69) is 11.2 Å². The second-order valence-corrected chi connectivity index (χ2v) is 3.54. The van der Waals surface area contributed by atoms with E-state index in [1.165, 1.54) is 6.20 Å². The van der Waals surface area contributed by atoms with Crippen molar-refractivity contribution in [3.05, 3.63) is 23.5 Å². The maximum atomic E-state index is 10.8. The lowest BCUT2D eigenvalue weighted by Gasteiger charge is -2.06. The zero-order valence-electron chi connectivity index (χ0n) is 6.84. The fraction of sp³-hybridized carbons (Fsp3) is 0.333. The lowest BCUT2D eigenvalue weighted by atomic mass is 10.1. The van der Waals surface area contributed by atoms with Crippen LogP contribution in [0.4, 0.5) is 0 Å². The number of carboxylic acid groups (broad SMARTS) is 1. The van der Waals surface area contributed by atoms with E-state index in [1.54, 1.807) is 4.68 Å². The Hall–Kier alpha value is -1.58. The normalized spacial score (nSPS) is 28.0. The minimum Gasteiger partial charge on any atom is -0.478 e. The molecule has 2 atom stereocenters. The van der Waals surface area contributed by atoms with Gasteiger partial charge >= 0.3 is 5.97 Å². The van der Waals surface area contributed by atoms with Crippen molar-refractivity contribution in [1.82, 2.24) is 9.78 Å². The van der Waals surface area contributed by atoms with E-state index in [1.807, 2.05) is 6.20 Å². The highest BCUT2D eigenvalue weighted by Crippen LogP contribution is 2.51. The molecule has 1 N–H and O–H groups in total. The average Bonchev–Trinajstić information content (AvgIpc) is 2.76. The standard InChI is InChI=1S/C9H8N2O2/c12-9(13)7-4-10-11-2-1-5-3-6(5)8(7)11/h1-2,4-6H,3H2,(H,12,13).